The first kappa shape index (κ1) is 19.7. The van der Waals surface area contributed by atoms with Crippen molar-refractivity contribution in [3.05, 3.63) is 42.0 Å². The molecular weight excluding hydrogens is 352 g/mol. The van der Waals surface area contributed by atoms with Crippen LogP contribution in [0, 0.1) is 0 Å². The van der Waals surface area contributed by atoms with E-state index in [1.54, 1.807) is 31.4 Å². The molecule has 1 aromatic rings. The van der Waals surface area contributed by atoms with Crippen LogP contribution in [0.15, 0.2) is 36.4 Å². The number of rotatable bonds is 7. The Kier molecular flexibility index (Phi) is 6.52. The zero-order valence-electron chi connectivity index (χ0n) is 15.1. The molecule has 7 heteroatoms. The molecule has 0 aliphatic carbocycles. The Morgan fingerprint density at radius 3 is 2.69 bits per heavy atom. The Labute approximate surface area is 158 Å². The molecule has 0 spiro atoms. The van der Waals surface area contributed by atoms with E-state index in [9.17, 15) is 9.59 Å². The normalized spacial score (nSPS) is 17.1. The lowest BCUT2D eigenvalue weighted by atomic mass is 10.1. The molecule has 0 aromatic heterocycles. The summed E-state index contributed by atoms with van der Waals surface area (Å²) >= 11 is 5.03. The van der Waals surface area contributed by atoms with Crippen molar-refractivity contribution < 1.29 is 19.1 Å². The molecule has 1 N–H and O–H groups in total. The van der Waals surface area contributed by atoms with Crippen LogP contribution in [0.4, 0.5) is 0 Å². The van der Waals surface area contributed by atoms with E-state index in [2.05, 4.69) is 11.9 Å². The molecule has 1 saturated heterocycles. The van der Waals surface area contributed by atoms with Crippen molar-refractivity contribution in [2.45, 2.75) is 26.4 Å². The monoisotopic (exact) mass is 374 g/mol. The first-order valence-electron chi connectivity index (χ1n) is 8.25. The van der Waals surface area contributed by atoms with E-state index in [0.29, 0.717) is 17.1 Å². The number of hydrogen-bond donors (Lipinski definition) is 1. The number of thiocarbonyl (C=S) groups is 1. The van der Waals surface area contributed by atoms with E-state index in [-0.39, 0.29) is 23.3 Å². The lowest BCUT2D eigenvalue weighted by molar-refractivity contribution is -0.128. The van der Waals surface area contributed by atoms with Crippen LogP contribution in [-0.4, -0.2) is 41.6 Å². The smallest absolute Gasteiger partial charge is 0.265 e. The predicted octanol–water partition coefficient (Wildman–Crippen LogP) is 2.69. The van der Waals surface area contributed by atoms with Crippen LogP contribution in [0.5, 0.6) is 11.5 Å². The Morgan fingerprint density at radius 2 is 2.08 bits per heavy atom. The second kappa shape index (κ2) is 8.62. The summed E-state index contributed by atoms with van der Waals surface area (Å²) in [5, 5.41) is 2.59. The maximum Gasteiger partial charge on any atom is 0.265 e. The summed E-state index contributed by atoms with van der Waals surface area (Å²) in [6, 6.07) is 5.24. The molecule has 1 aromatic carbocycles. The summed E-state index contributed by atoms with van der Waals surface area (Å²) in [7, 11) is 1.54. The van der Waals surface area contributed by atoms with Crippen molar-refractivity contribution in [2.24, 2.45) is 0 Å². The number of ether oxygens (including phenoxy) is 2. The molecule has 1 atom stereocenters. The summed E-state index contributed by atoms with van der Waals surface area (Å²) in [6.45, 7) is 7.82. The molecule has 1 aliphatic rings. The molecule has 1 unspecified atom stereocenters. The summed E-state index contributed by atoms with van der Waals surface area (Å²) in [6.07, 6.45) is 3.96. The number of carbonyl (C=O) groups excluding carboxylic acids is 2. The van der Waals surface area contributed by atoms with Gasteiger partial charge in [-0.15, -0.1) is 6.58 Å². The number of nitrogens with one attached hydrogen (secondary N) is 1. The minimum Gasteiger partial charge on any atom is -0.493 e. The summed E-state index contributed by atoms with van der Waals surface area (Å²) in [4.78, 5) is 26.0. The van der Waals surface area contributed by atoms with Gasteiger partial charge in [-0.05, 0) is 49.3 Å². The van der Waals surface area contributed by atoms with Gasteiger partial charge in [0.05, 0.1) is 13.2 Å². The third kappa shape index (κ3) is 4.29. The molecule has 2 amide bonds. The van der Waals surface area contributed by atoms with E-state index >= 15 is 0 Å². The Bertz CT molecular complexity index is 773. The van der Waals surface area contributed by atoms with Gasteiger partial charge in [0, 0.05) is 6.54 Å². The average Bonchev–Trinajstić information content (AvgIpc) is 2.63. The fourth-order valence-electron chi connectivity index (χ4n) is 2.33. The minimum absolute atomic E-state index is 0.00176. The highest BCUT2D eigenvalue weighted by molar-refractivity contribution is 7.80. The summed E-state index contributed by atoms with van der Waals surface area (Å²) < 4.78 is 11.2. The maximum atomic E-state index is 12.6. The number of benzene rings is 1. The minimum atomic E-state index is -0.529. The fourth-order valence-corrected chi connectivity index (χ4v) is 2.58. The van der Waals surface area contributed by atoms with Crippen LogP contribution in [0.3, 0.4) is 0 Å². The van der Waals surface area contributed by atoms with E-state index in [1.165, 1.54) is 11.0 Å². The van der Waals surface area contributed by atoms with E-state index in [0.717, 1.165) is 6.42 Å². The molecule has 0 saturated carbocycles. The number of carbonyl (C=O) groups is 2. The highest BCUT2D eigenvalue weighted by Gasteiger charge is 2.32. The first-order chi connectivity index (χ1) is 12.4. The van der Waals surface area contributed by atoms with Gasteiger partial charge in [-0.3, -0.25) is 19.8 Å². The third-order valence-electron chi connectivity index (χ3n) is 3.90. The zero-order valence-corrected chi connectivity index (χ0v) is 15.9. The van der Waals surface area contributed by atoms with Crippen LogP contribution < -0.4 is 14.8 Å². The number of hydrogen-bond acceptors (Lipinski definition) is 5. The molecular formula is C19H22N2O4S. The van der Waals surface area contributed by atoms with Crippen LogP contribution in [-0.2, 0) is 9.59 Å². The third-order valence-corrected chi connectivity index (χ3v) is 4.22. The Morgan fingerprint density at radius 1 is 1.35 bits per heavy atom. The molecule has 26 heavy (non-hydrogen) atoms. The molecule has 6 nitrogen and oxygen atoms in total. The lowest BCUT2D eigenvalue weighted by Crippen LogP contribution is -2.53. The van der Waals surface area contributed by atoms with Crippen LogP contribution in [0.1, 0.15) is 25.8 Å². The van der Waals surface area contributed by atoms with Gasteiger partial charge in [-0.2, -0.15) is 0 Å². The van der Waals surface area contributed by atoms with Gasteiger partial charge >= 0.3 is 0 Å². The number of amides is 2. The van der Waals surface area contributed by atoms with Crippen molar-refractivity contribution >= 4 is 35.2 Å². The topological polar surface area (TPSA) is 67.9 Å². The van der Waals surface area contributed by atoms with Gasteiger partial charge in [0.1, 0.15) is 5.57 Å². The zero-order chi connectivity index (χ0) is 19.3. The van der Waals surface area contributed by atoms with Crippen LogP contribution in [0.25, 0.3) is 6.08 Å². The standard InChI is InChI=1S/C19H22N2O4S/c1-5-9-21-18(23)14(17(22)20-19(21)26)10-13-7-8-15(16(11-13)24-4)25-12(3)6-2/h5,7-8,10-12H,1,6,9H2,2-4H3,(H,20,22,26). The highest BCUT2D eigenvalue weighted by atomic mass is 32.1. The Hall–Kier alpha value is -2.67. The van der Waals surface area contributed by atoms with Gasteiger partial charge in [0.25, 0.3) is 11.8 Å². The van der Waals surface area contributed by atoms with Crippen molar-refractivity contribution in [3.8, 4) is 11.5 Å². The van der Waals surface area contributed by atoms with E-state index in [4.69, 9.17) is 21.7 Å². The van der Waals surface area contributed by atoms with Gasteiger partial charge in [0.2, 0.25) is 0 Å². The molecule has 138 valence electrons. The highest BCUT2D eigenvalue weighted by Crippen LogP contribution is 2.30. The largest absolute Gasteiger partial charge is 0.493 e. The first-order valence-corrected chi connectivity index (χ1v) is 8.66. The quantitative estimate of drug-likeness (QED) is 0.344. The molecule has 2 rings (SSSR count). The molecule has 1 fully saturated rings. The second-order valence-corrected chi connectivity index (χ2v) is 6.16. The Balaban J connectivity index is 2.35. The van der Waals surface area contributed by atoms with E-state index in [1.807, 2.05) is 13.8 Å². The SMILES string of the molecule is C=CCN1C(=O)C(=Cc2ccc(OC(C)CC)c(OC)c2)C(=O)NC1=S. The lowest BCUT2D eigenvalue weighted by Gasteiger charge is -2.27. The van der Waals surface area contributed by atoms with Crippen molar-refractivity contribution in [1.82, 2.24) is 10.2 Å². The van der Waals surface area contributed by atoms with Crippen LogP contribution >= 0.6 is 12.2 Å². The molecule has 0 radical (unpaired) electrons. The molecule has 0 bridgehead atoms. The average molecular weight is 374 g/mol. The van der Waals surface area contributed by atoms with Crippen molar-refractivity contribution in [1.29, 1.82) is 0 Å². The fraction of sp³-hybridized carbons (Fsp3) is 0.316. The van der Waals surface area contributed by atoms with E-state index < -0.39 is 11.8 Å². The maximum absolute atomic E-state index is 12.6. The molecule has 1 heterocycles. The van der Waals surface area contributed by atoms with Crippen LogP contribution in [0.2, 0.25) is 0 Å². The van der Waals surface area contributed by atoms with Gasteiger partial charge in [-0.1, -0.05) is 19.1 Å². The summed E-state index contributed by atoms with van der Waals surface area (Å²) in [5.74, 6) is 0.149. The van der Waals surface area contributed by atoms with Crippen molar-refractivity contribution in [2.75, 3.05) is 13.7 Å². The van der Waals surface area contributed by atoms with Gasteiger partial charge < -0.3 is 9.47 Å². The number of nitrogens with zero attached hydrogens (tertiary/aromatic N) is 1. The predicted molar refractivity (Wildman–Crippen MR) is 104 cm³/mol. The number of methoxy groups -OCH3 is 1. The second-order valence-electron chi connectivity index (χ2n) is 5.77. The summed E-state index contributed by atoms with van der Waals surface area (Å²) in [5.41, 5.74) is 0.640. The molecule has 1 aliphatic heterocycles. The van der Waals surface area contributed by atoms with Gasteiger partial charge in [-0.25, -0.2) is 0 Å². The van der Waals surface area contributed by atoms with Gasteiger partial charge in [0.15, 0.2) is 16.6 Å². The van der Waals surface area contributed by atoms with Crippen molar-refractivity contribution in [3.63, 3.8) is 0 Å².